The molecule has 22 heavy (non-hydrogen) atoms. The Hall–Kier alpha value is -2.29. The van der Waals surface area contributed by atoms with Gasteiger partial charge in [-0.05, 0) is 50.5 Å². The molecular formula is C19H23NO2. The van der Waals surface area contributed by atoms with Gasteiger partial charge in [-0.25, -0.2) is 0 Å². The van der Waals surface area contributed by atoms with E-state index in [0.717, 1.165) is 22.4 Å². The van der Waals surface area contributed by atoms with E-state index in [1.165, 1.54) is 0 Å². The summed E-state index contributed by atoms with van der Waals surface area (Å²) in [4.78, 5) is 12.3. The van der Waals surface area contributed by atoms with E-state index < -0.39 is 6.10 Å². The van der Waals surface area contributed by atoms with Crippen LogP contribution in [0.15, 0.2) is 48.5 Å². The van der Waals surface area contributed by atoms with Crippen LogP contribution in [0.3, 0.4) is 0 Å². The van der Waals surface area contributed by atoms with Crippen molar-refractivity contribution in [2.24, 2.45) is 0 Å². The fraction of sp³-hybridized carbons (Fsp3) is 0.316. The van der Waals surface area contributed by atoms with Gasteiger partial charge in [0.15, 0.2) is 6.10 Å². The van der Waals surface area contributed by atoms with Gasteiger partial charge < -0.3 is 10.1 Å². The summed E-state index contributed by atoms with van der Waals surface area (Å²) in [5.74, 6) is 0.646. The predicted octanol–water partition coefficient (Wildman–Crippen LogP) is 3.95. The van der Waals surface area contributed by atoms with Crippen molar-refractivity contribution in [1.82, 2.24) is 5.32 Å². The molecule has 1 amide bonds. The maximum Gasteiger partial charge on any atom is 0.261 e. The third kappa shape index (κ3) is 3.88. The van der Waals surface area contributed by atoms with E-state index in [1.54, 1.807) is 6.92 Å². The van der Waals surface area contributed by atoms with Crippen molar-refractivity contribution in [3.63, 3.8) is 0 Å². The topological polar surface area (TPSA) is 38.3 Å². The van der Waals surface area contributed by atoms with Crippen molar-refractivity contribution in [3.05, 3.63) is 65.2 Å². The van der Waals surface area contributed by atoms with Gasteiger partial charge >= 0.3 is 0 Å². The van der Waals surface area contributed by atoms with Gasteiger partial charge in [0.05, 0.1) is 6.04 Å². The molecule has 116 valence electrons. The van der Waals surface area contributed by atoms with E-state index in [0.29, 0.717) is 0 Å². The van der Waals surface area contributed by atoms with Gasteiger partial charge in [-0.15, -0.1) is 0 Å². The van der Waals surface area contributed by atoms with Crippen LogP contribution in [0.25, 0.3) is 0 Å². The Morgan fingerprint density at radius 3 is 2.36 bits per heavy atom. The Balaban J connectivity index is 1.99. The average molecular weight is 297 g/mol. The summed E-state index contributed by atoms with van der Waals surface area (Å²) < 4.78 is 5.81. The number of aryl methyl sites for hydroxylation is 1. The van der Waals surface area contributed by atoms with Crippen LogP contribution in [0.2, 0.25) is 0 Å². The zero-order chi connectivity index (χ0) is 16.1. The highest BCUT2D eigenvalue weighted by molar-refractivity contribution is 5.81. The van der Waals surface area contributed by atoms with E-state index in [2.05, 4.69) is 5.32 Å². The number of amides is 1. The average Bonchev–Trinajstić information content (AvgIpc) is 2.52. The molecule has 2 aromatic carbocycles. The van der Waals surface area contributed by atoms with E-state index in [9.17, 15) is 4.79 Å². The van der Waals surface area contributed by atoms with Gasteiger partial charge in [0.1, 0.15) is 5.75 Å². The fourth-order valence-corrected chi connectivity index (χ4v) is 2.25. The summed E-state index contributed by atoms with van der Waals surface area (Å²) in [6, 6.07) is 15.7. The molecule has 0 saturated carbocycles. The molecule has 2 atom stereocenters. The molecule has 2 rings (SSSR count). The van der Waals surface area contributed by atoms with Gasteiger partial charge in [0.25, 0.3) is 5.91 Å². The Kier molecular flexibility index (Phi) is 5.21. The Bertz CT molecular complexity index is 637. The van der Waals surface area contributed by atoms with Crippen molar-refractivity contribution < 1.29 is 9.53 Å². The first kappa shape index (κ1) is 16.1. The first-order valence-corrected chi connectivity index (χ1v) is 7.57. The molecule has 0 bridgehead atoms. The largest absolute Gasteiger partial charge is 0.481 e. The van der Waals surface area contributed by atoms with Crippen LogP contribution in [-0.4, -0.2) is 12.0 Å². The second-order valence-electron chi connectivity index (χ2n) is 5.60. The van der Waals surface area contributed by atoms with E-state index >= 15 is 0 Å². The van der Waals surface area contributed by atoms with Gasteiger partial charge in [0.2, 0.25) is 0 Å². The summed E-state index contributed by atoms with van der Waals surface area (Å²) in [5, 5.41) is 2.99. The molecule has 0 heterocycles. The van der Waals surface area contributed by atoms with Gasteiger partial charge in [-0.3, -0.25) is 4.79 Å². The standard InChI is InChI=1S/C19H23NO2/c1-13-9-8-12-18(14(13)2)22-16(4)19(21)20-15(3)17-10-6-5-7-11-17/h5-12,15-16H,1-4H3,(H,20,21)/t15-,16?/m0/s1. The zero-order valence-corrected chi connectivity index (χ0v) is 13.6. The smallest absolute Gasteiger partial charge is 0.261 e. The van der Waals surface area contributed by atoms with E-state index in [-0.39, 0.29) is 11.9 Å². The zero-order valence-electron chi connectivity index (χ0n) is 13.6. The lowest BCUT2D eigenvalue weighted by molar-refractivity contribution is -0.127. The van der Waals surface area contributed by atoms with Gasteiger partial charge in [-0.1, -0.05) is 42.5 Å². The number of carbonyl (C=O) groups excluding carboxylic acids is 1. The van der Waals surface area contributed by atoms with E-state index in [4.69, 9.17) is 4.74 Å². The normalized spacial score (nSPS) is 13.3. The number of carbonyl (C=O) groups is 1. The molecule has 1 N–H and O–H groups in total. The quantitative estimate of drug-likeness (QED) is 0.907. The predicted molar refractivity (Wildman–Crippen MR) is 89.0 cm³/mol. The first-order valence-electron chi connectivity index (χ1n) is 7.57. The maximum atomic E-state index is 12.3. The summed E-state index contributed by atoms with van der Waals surface area (Å²) in [5.41, 5.74) is 3.30. The molecule has 0 spiro atoms. The molecule has 0 radical (unpaired) electrons. The van der Waals surface area contributed by atoms with E-state index in [1.807, 2.05) is 69.3 Å². The number of rotatable bonds is 5. The Morgan fingerprint density at radius 2 is 1.68 bits per heavy atom. The first-order chi connectivity index (χ1) is 10.5. The van der Waals surface area contributed by atoms with Crippen LogP contribution < -0.4 is 10.1 Å². The molecule has 0 aliphatic rings. The lowest BCUT2D eigenvalue weighted by Crippen LogP contribution is -2.37. The molecule has 2 aromatic rings. The minimum absolute atomic E-state index is 0.0432. The SMILES string of the molecule is Cc1cccc(OC(C)C(=O)N[C@@H](C)c2ccccc2)c1C. The number of ether oxygens (including phenoxy) is 1. The summed E-state index contributed by atoms with van der Waals surface area (Å²) in [6.07, 6.45) is -0.535. The third-order valence-electron chi connectivity index (χ3n) is 3.89. The second kappa shape index (κ2) is 7.12. The summed E-state index contributed by atoms with van der Waals surface area (Å²) >= 11 is 0. The van der Waals surface area contributed by atoms with Crippen molar-refractivity contribution in [2.45, 2.75) is 39.8 Å². The molecule has 0 aliphatic heterocycles. The van der Waals surface area contributed by atoms with Gasteiger partial charge in [-0.2, -0.15) is 0 Å². The van der Waals surface area contributed by atoms with Crippen LogP contribution >= 0.6 is 0 Å². The molecule has 0 saturated heterocycles. The highest BCUT2D eigenvalue weighted by Gasteiger charge is 2.18. The molecule has 1 unspecified atom stereocenters. The molecular weight excluding hydrogens is 274 g/mol. The molecule has 0 aliphatic carbocycles. The molecule has 0 fully saturated rings. The van der Waals surface area contributed by atoms with Crippen LogP contribution in [0.4, 0.5) is 0 Å². The molecule has 3 nitrogen and oxygen atoms in total. The fourth-order valence-electron chi connectivity index (χ4n) is 2.25. The number of hydrogen-bond acceptors (Lipinski definition) is 2. The lowest BCUT2D eigenvalue weighted by Gasteiger charge is -2.20. The number of nitrogens with one attached hydrogen (secondary N) is 1. The minimum Gasteiger partial charge on any atom is -0.481 e. The van der Waals surface area contributed by atoms with Gasteiger partial charge in [0, 0.05) is 0 Å². The molecule has 0 aromatic heterocycles. The summed E-state index contributed by atoms with van der Waals surface area (Å²) in [6.45, 7) is 7.78. The summed E-state index contributed by atoms with van der Waals surface area (Å²) in [7, 11) is 0. The monoisotopic (exact) mass is 297 g/mol. The maximum absolute atomic E-state index is 12.3. The number of benzene rings is 2. The van der Waals surface area contributed by atoms with Crippen molar-refractivity contribution in [3.8, 4) is 5.75 Å². The highest BCUT2D eigenvalue weighted by atomic mass is 16.5. The molecule has 3 heteroatoms. The Morgan fingerprint density at radius 1 is 1.00 bits per heavy atom. The van der Waals surface area contributed by atoms with Crippen molar-refractivity contribution in [1.29, 1.82) is 0 Å². The van der Waals surface area contributed by atoms with Crippen molar-refractivity contribution in [2.75, 3.05) is 0 Å². The van der Waals surface area contributed by atoms with Crippen LogP contribution in [0.5, 0.6) is 5.75 Å². The Labute approximate surface area is 132 Å². The second-order valence-corrected chi connectivity index (χ2v) is 5.60. The lowest BCUT2D eigenvalue weighted by atomic mass is 10.1. The van der Waals surface area contributed by atoms with Crippen LogP contribution in [0.1, 0.15) is 36.6 Å². The third-order valence-corrected chi connectivity index (χ3v) is 3.89. The minimum atomic E-state index is -0.535. The van der Waals surface area contributed by atoms with Crippen molar-refractivity contribution >= 4 is 5.91 Å². The van der Waals surface area contributed by atoms with Crippen LogP contribution in [-0.2, 0) is 4.79 Å². The number of hydrogen-bond donors (Lipinski definition) is 1. The highest BCUT2D eigenvalue weighted by Crippen LogP contribution is 2.22. The van der Waals surface area contributed by atoms with Crippen LogP contribution in [0, 0.1) is 13.8 Å².